The van der Waals surface area contributed by atoms with Crippen LogP contribution in [0.3, 0.4) is 0 Å². The summed E-state index contributed by atoms with van der Waals surface area (Å²) in [5, 5.41) is 6.83. The smallest absolute Gasteiger partial charge is 0.343 e. The van der Waals surface area contributed by atoms with Gasteiger partial charge in [0.25, 0.3) is 0 Å². The third-order valence-electron chi connectivity index (χ3n) is 16.2. The average molecular weight is 921 g/mol. The van der Waals surface area contributed by atoms with Crippen LogP contribution in [0.25, 0.3) is 80.0 Å². The topological polar surface area (TPSA) is 8.17 Å². The lowest BCUT2D eigenvalue weighted by Gasteiger charge is -2.42. The maximum Gasteiger partial charge on any atom is 0.343 e. The first-order chi connectivity index (χ1) is 32.0. The molecule has 2 nitrogen and oxygen atoms in total. The minimum Gasteiger partial charge on any atom is -0.376 e. The van der Waals surface area contributed by atoms with E-state index >= 15 is 0 Å². The van der Waals surface area contributed by atoms with E-state index in [1.54, 1.807) is 0 Å². The van der Waals surface area contributed by atoms with Crippen LogP contribution in [0.2, 0.25) is 0 Å². The van der Waals surface area contributed by atoms with E-state index < -0.39 is 0 Å². The van der Waals surface area contributed by atoms with Gasteiger partial charge in [0.2, 0.25) is 0 Å². The largest absolute Gasteiger partial charge is 0.376 e. The predicted molar refractivity (Wildman–Crippen MR) is 300 cm³/mol. The van der Waals surface area contributed by atoms with E-state index in [1.807, 2.05) is 22.7 Å². The highest BCUT2D eigenvalue weighted by Gasteiger charge is 2.51. The summed E-state index contributed by atoms with van der Waals surface area (Å²) in [5.74, 6) is 0. The molecule has 68 heavy (non-hydrogen) atoms. The van der Waals surface area contributed by atoms with Crippen LogP contribution in [0.4, 0.5) is 11.4 Å². The summed E-state index contributed by atoms with van der Waals surface area (Å²) in [6.45, 7) is 33.1. The molecule has 0 saturated heterocycles. The van der Waals surface area contributed by atoms with Gasteiger partial charge >= 0.3 is 6.85 Å². The van der Waals surface area contributed by atoms with Gasteiger partial charge in [-0.25, -0.2) is 0 Å². The van der Waals surface area contributed by atoms with Gasteiger partial charge in [0.15, 0.2) is 0 Å². The van der Waals surface area contributed by atoms with Crippen molar-refractivity contribution in [1.82, 2.24) is 4.57 Å². The van der Waals surface area contributed by atoms with Gasteiger partial charge in [-0.2, -0.15) is 0 Å². The summed E-state index contributed by atoms with van der Waals surface area (Å²) < 4.78 is 8.23. The van der Waals surface area contributed by atoms with Crippen molar-refractivity contribution in [3.63, 3.8) is 0 Å². The molecule has 13 rings (SSSR count). The van der Waals surface area contributed by atoms with Crippen LogP contribution in [0.5, 0.6) is 0 Å². The minimum absolute atomic E-state index is 0.00199. The van der Waals surface area contributed by atoms with Gasteiger partial charge < -0.3 is 9.38 Å². The summed E-state index contributed by atoms with van der Waals surface area (Å²) in [4.78, 5) is 2.77. The van der Waals surface area contributed by atoms with Gasteiger partial charge in [-0.15, -0.1) is 22.7 Å². The quantitative estimate of drug-likeness (QED) is 0.149. The first-order valence-electron chi connectivity index (χ1n) is 24.8. The number of benzene rings is 7. The first-order valence-corrected chi connectivity index (χ1v) is 26.4. The summed E-state index contributed by atoms with van der Waals surface area (Å²) >= 11 is 3.97. The van der Waals surface area contributed by atoms with Gasteiger partial charge in [-0.1, -0.05) is 158 Å². The van der Waals surface area contributed by atoms with Crippen LogP contribution in [0, 0.1) is 0 Å². The predicted octanol–water partition coefficient (Wildman–Crippen LogP) is 17.1. The van der Waals surface area contributed by atoms with Gasteiger partial charge in [-0.05, 0) is 132 Å². The Bertz CT molecular complexity index is 3860. The van der Waals surface area contributed by atoms with Crippen molar-refractivity contribution in [3.8, 4) is 27.9 Å². The fourth-order valence-electron chi connectivity index (χ4n) is 12.4. The molecule has 10 aromatic rings. The van der Waals surface area contributed by atoms with E-state index in [-0.39, 0.29) is 33.9 Å². The number of thiophene rings is 2. The van der Waals surface area contributed by atoms with Crippen LogP contribution in [0.1, 0.15) is 130 Å². The van der Waals surface area contributed by atoms with E-state index in [4.69, 9.17) is 0 Å². The molecule has 0 amide bonds. The molecule has 0 N–H and O–H groups in total. The Balaban J connectivity index is 1.27. The lowest BCUT2D eigenvalue weighted by Crippen LogP contribution is -2.59. The molecule has 0 unspecified atom stereocenters. The number of fused-ring (bicyclic) bond motifs is 18. The first kappa shape index (κ1) is 42.5. The maximum absolute atomic E-state index is 2.77. The fourth-order valence-corrected chi connectivity index (χ4v) is 14.8. The Labute approximate surface area is 410 Å². The molecule has 0 atom stereocenters. The highest BCUT2D eigenvalue weighted by atomic mass is 32.1. The van der Waals surface area contributed by atoms with E-state index in [1.165, 1.54) is 135 Å². The lowest BCUT2D eigenvalue weighted by molar-refractivity contribution is 0.590. The molecule has 0 saturated carbocycles. The Morgan fingerprint density at radius 3 is 1.79 bits per heavy atom. The Morgan fingerprint density at radius 2 is 1.10 bits per heavy atom. The number of hydrogen-bond donors (Lipinski definition) is 0. The molecular weight excluding hydrogens is 860 g/mol. The highest BCUT2D eigenvalue weighted by Crippen LogP contribution is 2.60. The number of anilines is 2. The molecule has 3 aliphatic rings. The summed E-state index contributed by atoms with van der Waals surface area (Å²) in [7, 11) is 0. The van der Waals surface area contributed by atoms with Gasteiger partial charge in [0.1, 0.15) is 0 Å². The third kappa shape index (κ3) is 5.64. The summed E-state index contributed by atoms with van der Waals surface area (Å²) in [6, 6.07) is 46.3. The van der Waals surface area contributed by atoms with E-state index in [0.717, 1.165) is 0 Å². The van der Waals surface area contributed by atoms with Crippen LogP contribution in [0.15, 0.2) is 115 Å². The standard InChI is InChI=1S/C63H61BN2S2/c1-59(2,3)34-19-24-38(25-20-34)66-47-32-41-39-26-21-37(62(10,11)12)31-49(39)67-50(41)33-43(47)52-51-40-17-15-16-18-45(40)63(13,14)54(51)53-42-29-35(60(4,5)6)22-27-46(42)65-56-44-30-36(61(7,8)9)23-28-48(44)68-58(56)64(66)55(52)57(53)65/h15-33H,1-14H3. The van der Waals surface area contributed by atoms with Gasteiger partial charge in [0, 0.05) is 68.2 Å². The Morgan fingerprint density at radius 1 is 0.500 bits per heavy atom. The monoisotopic (exact) mass is 920 g/mol. The molecule has 0 bridgehead atoms. The van der Waals surface area contributed by atoms with Crippen molar-refractivity contribution in [3.05, 3.63) is 149 Å². The summed E-state index contributed by atoms with van der Waals surface area (Å²) in [5.41, 5.74) is 21.8. The van der Waals surface area contributed by atoms with Crippen LogP contribution < -0.4 is 15.1 Å². The average Bonchev–Trinajstić information content (AvgIpc) is 4.00. The second kappa shape index (κ2) is 13.4. The van der Waals surface area contributed by atoms with Gasteiger partial charge in [-0.3, -0.25) is 0 Å². The third-order valence-corrected chi connectivity index (χ3v) is 18.5. The normalized spacial score (nSPS) is 15.3. The molecule has 0 fully saturated rings. The van der Waals surface area contributed by atoms with Crippen molar-refractivity contribution < 1.29 is 0 Å². The summed E-state index contributed by atoms with van der Waals surface area (Å²) in [6.07, 6.45) is 0. The van der Waals surface area contributed by atoms with Crippen LogP contribution >= 0.6 is 22.7 Å². The molecule has 0 radical (unpaired) electrons. The van der Waals surface area contributed by atoms with E-state index in [2.05, 4.69) is 222 Å². The maximum atomic E-state index is 2.77. The number of aromatic nitrogens is 1. The van der Waals surface area contributed by atoms with Crippen molar-refractivity contribution in [2.75, 3.05) is 4.81 Å². The van der Waals surface area contributed by atoms with Crippen LogP contribution in [-0.4, -0.2) is 11.4 Å². The highest BCUT2D eigenvalue weighted by molar-refractivity contribution is 7.32. The zero-order chi connectivity index (χ0) is 47.5. The van der Waals surface area contributed by atoms with Crippen molar-refractivity contribution in [2.24, 2.45) is 0 Å². The van der Waals surface area contributed by atoms with Crippen molar-refractivity contribution in [2.45, 2.75) is 124 Å². The lowest BCUT2D eigenvalue weighted by atomic mass is 9.46. The Hall–Kier alpha value is -5.62. The molecule has 338 valence electrons. The van der Waals surface area contributed by atoms with Crippen LogP contribution in [-0.2, 0) is 27.1 Å². The number of hydrogen-bond acceptors (Lipinski definition) is 3. The van der Waals surface area contributed by atoms with Gasteiger partial charge in [0.05, 0.1) is 16.7 Å². The van der Waals surface area contributed by atoms with Crippen molar-refractivity contribution in [1.29, 1.82) is 0 Å². The molecule has 5 heterocycles. The number of rotatable bonds is 1. The van der Waals surface area contributed by atoms with Crippen molar-refractivity contribution >= 4 is 103 Å². The second-order valence-corrected chi connectivity index (χ2v) is 27.2. The van der Waals surface area contributed by atoms with E-state index in [0.29, 0.717) is 0 Å². The fraction of sp³-hybridized carbons (Fsp3) is 0.302. The number of nitrogens with zero attached hydrogens (tertiary/aromatic N) is 2. The van der Waals surface area contributed by atoms with E-state index in [9.17, 15) is 0 Å². The Kier molecular flexibility index (Phi) is 8.35. The molecule has 7 aromatic carbocycles. The molecule has 2 aliphatic heterocycles. The zero-order valence-corrected chi connectivity index (χ0v) is 43.9. The second-order valence-electron chi connectivity index (χ2n) is 25.0. The SMILES string of the molecule is CC(C)(C)c1ccc(N2B3c4sc5ccc(C(C)(C)C)cc5c4-n4c5ccc(C(C)(C)C)cc5c5c6c(c(c3c54)-c3cc4sc5cc(C(C)(C)C)ccc5c4cc32)-c2ccccc2C6(C)C)cc1. The zero-order valence-electron chi connectivity index (χ0n) is 42.3. The molecular formula is C63H61BN2S2. The molecule has 0 spiro atoms. The molecule has 3 aromatic heterocycles. The minimum atomic E-state index is -0.241. The molecule has 1 aliphatic carbocycles. The molecule has 5 heteroatoms.